The number of H-pyrrole nitrogens is 1. The molecule has 25 heavy (non-hydrogen) atoms. The second-order valence-electron chi connectivity index (χ2n) is 5.06. The summed E-state index contributed by atoms with van der Waals surface area (Å²) in [5, 5.41) is 16.1. The summed E-state index contributed by atoms with van der Waals surface area (Å²) in [5.41, 5.74) is 2.22. The van der Waals surface area contributed by atoms with E-state index in [9.17, 15) is 0 Å². The number of nitriles is 1. The standard InChI is InChI=1S/C16H22N6OS2/c1-13-14(22-12-21-13)11-24-10-7-19-15(3-4-17)18-5-2-9-25-16-20-6-8-23-16/h3,6,8,12,18-19H,2,5,7,9-11H2,1H3,(H,21,22)/b15-3-. The van der Waals surface area contributed by atoms with E-state index in [1.807, 2.05) is 18.7 Å². The minimum absolute atomic E-state index is 0.690. The third-order valence-corrected chi connectivity index (χ3v) is 5.15. The molecule has 134 valence electrons. The summed E-state index contributed by atoms with van der Waals surface area (Å²) in [6.45, 7) is 3.58. The van der Waals surface area contributed by atoms with Crippen molar-refractivity contribution in [3.63, 3.8) is 0 Å². The number of oxazole rings is 1. The van der Waals surface area contributed by atoms with Gasteiger partial charge in [0, 0.05) is 36.0 Å². The van der Waals surface area contributed by atoms with Gasteiger partial charge in [-0.1, -0.05) is 11.8 Å². The number of aryl methyl sites for hydroxylation is 1. The highest BCUT2D eigenvalue weighted by atomic mass is 32.2. The number of imidazole rings is 1. The van der Waals surface area contributed by atoms with Gasteiger partial charge in [-0.2, -0.15) is 17.0 Å². The molecular formula is C16H22N6OS2. The van der Waals surface area contributed by atoms with Crippen molar-refractivity contribution in [2.45, 2.75) is 24.3 Å². The molecule has 9 heteroatoms. The van der Waals surface area contributed by atoms with Gasteiger partial charge in [0.25, 0.3) is 5.22 Å². The van der Waals surface area contributed by atoms with Crippen LogP contribution in [0.3, 0.4) is 0 Å². The lowest BCUT2D eigenvalue weighted by atomic mass is 10.4. The highest BCUT2D eigenvalue weighted by Crippen LogP contribution is 2.15. The number of aromatic nitrogens is 3. The Labute approximate surface area is 156 Å². The highest BCUT2D eigenvalue weighted by Gasteiger charge is 2.01. The molecule has 0 atom stereocenters. The Morgan fingerprint density at radius 2 is 2.24 bits per heavy atom. The van der Waals surface area contributed by atoms with Crippen LogP contribution in [-0.2, 0) is 5.75 Å². The Hall–Kier alpha value is -2.05. The fourth-order valence-corrected chi connectivity index (χ4v) is 3.54. The second-order valence-corrected chi connectivity index (χ2v) is 7.21. The van der Waals surface area contributed by atoms with Gasteiger partial charge >= 0.3 is 0 Å². The van der Waals surface area contributed by atoms with Gasteiger partial charge in [0.2, 0.25) is 0 Å². The van der Waals surface area contributed by atoms with E-state index in [1.165, 1.54) is 11.8 Å². The van der Waals surface area contributed by atoms with Crippen molar-refractivity contribution in [2.24, 2.45) is 0 Å². The zero-order valence-corrected chi connectivity index (χ0v) is 15.8. The number of nitrogens with zero attached hydrogens (tertiary/aromatic N) is 3. The number of hydrogen-bond donors (Lipinski definition) is 3. The van der Waals surface area contributed by atoms with Crippen molar-refractivity contribution in [1.29, 1.82) is 5.26 Å². The highest BCUT2D eigenvalue weighted by molar-refractivity contribution is 7.99. The van der Waals surface area contributed by atoms with Crippen LogP contribution < -0.4 is 10.6 Å². The normalized spacial score (nSPS) is 11.3. The first-order valence-electron chi connectivity index (χ1n) is 7.96. The summed E-state index contributed by atoms with van der Waals surface area (Å²) >= 11 is 3.41. The van der Waals surface area contributed by atoms with Crippen LogP contribution in [0.2, 0.25) is 0 Å². The second kappa shape index (κ2) is 11.5. The molecule has 0 aliphatic rings. The molecule has 2 aromatic heterocycles. The smallest absolute Gasteiger partial charge is 0.255 e. The Morgan fingerprint density at radius 3 is 2.96 bits per heavy atom. The summed E-state index contributed by atoms with van der Waals surface area (Å²) < 4.78 is 5.17. The van der Waals surface area contributed by atoms with E-state index in [4.69, 9.17) is 9.68 Å². The van der Waals surface area contributed by atoms with Gasteiger partial charge in [0.05, 0.1) is 30.4 Å². The summed E-state index contributed by atoms with van der Waals surface area (Å²) in [6, 6.07) is 2.06. The van der Waals surface area contributed by atoms with E-state index < -0.39 is 0 Å². The van der Waals surface area contributed by atoms with Crippen molar-refractivity contribution in [3.8, 4) is 6.07 Å². The summed E-state index contributed by atoms with van der Waals surface area (Å²) in [4.78, 5) is 11.4. The zero-order valence-electron chi connectivity index (χ0n) is 14.1. The quantitative estimate of drug-likeness (QED) is 0.294. The summed E-state index contributed by atoms with van der Waals surface area (Å²) in [5.74, 6) is 3.54. The lowest BCUT2D eigenvalue weighted by molar-refractivity contribution is 0.454. The Balaban J connectivity index is 1.54. The molecule has 0 unspecified atom stereocenters. The Morgan fingerprint density at radius 1 is 1.36 bits per heavy atom. The molecule has 0 saturated carbocycles. The Kier molecular flexibility index (Phi) is 8.86. The van der Waals surface area contributed by atoms with Gasteiger partial charge in [-0.3, -0.25) is 0 Å². The van der Waals surface area contributed by atoms with Crippen molar-refractivity contribution < 1.29 is 4.42 Å². The van der Waals surface area contributed by atoms with E-state index in [2.05, 4.69) is 31.7 Å². The molecule has 2 aromatic rings. The maximum atomic E-state index is 8.88. The average molecular weight is 379 g/mol. The first-order chi connectivity index (χ1) is 12.3. The van der Waals surface area contributed by atoms with Crippen molar-refractivity contribution in [3.05, 3.63) is 42.1 Å². The first-order valence-corrected chi connectivity index (χ1v) is 10.1. The van der Waals surface area contributed by atoms with Crippen LogP contribution >= 0.6 is 23.5 Å². The van der Waals surface area contributed by atoms with Gasteiger partial charge in [0.1, 0.15) is 12.1 Å². The lowest BCUT2D eigenvalue weighted by Gasteiger charge is -2.12. The van der Waals surface area contributed by atoms with Crippen molar-refractivity contribution >= 4 is 23.5 Å². The monoisotopic (exact) mass is 378 g/mol. The van der Waals surface area contributed by atoms with E-state index in [-0.39, 0.29) is 0 Å². The maximum Gasteiger partial charge on any atom is 0.255 e. The van der Waals surface area contributed by atoms with Crippen LogP contribution in [0.1, 0.15) is 17.8 Å². The van der Waals surface area contributed by atoms with E-state index in [1.54, 1.807) is 30.5 Å². The molecule has 0 amide bonds. The van der Waals surface area contributed by atoms with Crippen LogP contribution in [-0.4, -0.2) is 39.5 Å². The minimum Gasteiger partial charge on any atom is -0.440 e. The topological polar surface area (TPSA) is 103 Å². The van der Waals surface area contributed by atoms with Gasteiger partial charge in [-0.15, -0.1) is 0 Å². The first kappa shape index (κ1) is 19.3. The predicted octanol–water partition coefficient (Wildman–Crippen LogP) is 2.67. The summed E-state index contributed by atoms with van der Waals surface area (Å²) in [7, 11) is 0. The fourth-order valence-electron chi connectivity index (χ4n) is 1.93. The van der Waals surface area contributed by atoms with Crippen molar-refractivity contribution in [1.82, 2.24) is 25.6 Å². The van der Waals surface area contributed by atoms with Crippen LogP contribution in [0.4, 0.5) is 0 Å². The number of aromatic amines is 1. The molecule has 0 aromatic carbocycles. The third kappa shape index (κ3) is 7.58. The third-order valence-electron chi connectivity index (χ3n) is 3.22. The summed E-state index contributed by atoms with van der Waals surface area (Å²) in [6.07, 6.45) is 7.39. The van der Waals surface area contributed by atoms with Crippen LogP contribution in [0.15, 0.2) is 40.3 Å². The van der Waals surface area contributed by atoms with Gasteiger partial charge < -0.3 is 20.0 Å². The number of rotatable bonds is 12. The van der Waals surface area contributed by atoms with E-state index >= 15 is 0 Å². The van der Waals surface area contributed by atoms with E-state index in [0.29, 0.717) is 5.22 Å². The average Bonchev–Trinajstić information content (AvgIpc) is 3.26. The van der Waals surface area contributed by atoms with Crippen LogP contribution in [0, 0.1) is 18.3 Å². The predicted molar refractivity (Wildman–Crippen MR) is 101 cm³/mol. The Bertz CT molecular complexity index is 677. The van der Waals surface area contributed by atoms with Gasteiger partial charge in [-0.05, 0) is 13.3 Å². The molecule has 7 nitrogen and oxygen atoms in total. The molecular weight excluding hydrogens is 356 g/mol. The number of hydrogen-bond acceptors (Lipinski definition) is 8. The zero-order chi connectivity index (χ0) is 17.7. The molecule has 0 fully saturated rings. The van der Waals surface area contributed by atoms with Crippen LogP contribution in [0.25, 0.3) is 0 Å². The van der Waals surface area contributed by atoms with Gasteiger partial charge in [-0.25, -0.2) is 9.97 Å². The maximum absolute atomic E-state index is 8.88. The van der Waals surface area contributed by atoms with Crippen LogP contribution in [0.5, 0.6) is 0 Å². The molecule has 0 radical (unpaired) electrons. The number of thioether (sulfide) groups is 2. The molecule has 0 spiro atoms. The van der Waals surface area contributed by atoms with Crippen molar-refractivity contribution in [2.75, 3.05) is 24.6 Å². The molecule has 2 rings (SSSR count). The molecule has 0 aliphatic carbocycles. The number of nitrogens with one attached hydrogen (secondary N) is 3. The molecule has 3 N–H and O–H groups in total. The lowest BCUT2D eigenvalue weighted by Crippen LogP contribution is -2.29. The molecule has 0 aliphatic heterocycles. The fraction of sp³-hybridized carbons (Fsp3) is 0.438. The number of allylic oxidation sites excluding steroid dienone is 1. The molecule has 0 bridgehead atoms. The largest absolute Gasteiger partial charge is 0.440 e. The molecule has 0 saturated heterocycles. The minimum atomic E-state index is 0.690. The molecule has 2 heterocycles. The van der Waals surface area contributed by atoms with E-state index in [0.717, 1.165) is 48.3 Å². The SMILES string of the molecule is Cc1nc[nH]c1CSCCN/C(=C\C#N)NCCCSc1ncco1. The van der Waals surface area contributed by atoms with Gasteiger partial charge in [0.15, 0.2) is 0 Å².